The zero-order chi connectivity index (χ0) is 14.0. The summed E-state index contributed by atoms with van der Waals surface area (Å²) in [5.41, 5.74) is 0.540. The van der Waals surface area contributed by atoms with Crippen molar-refractivity contribution in [1.82, 2.24) is 0 Å². The molecule has 0 radical (unpaired) electrons. The fourth-order valence-electron chi connectivity index (χ4n) is 2.49. The minimum absolute atomic E-state index is 0.0706. The van der Waals surface area contributed by atoms with Crippen molar-refractivity contribution in [1.29, 1.82) is 0 Å². The summed E-state index contributed by atoms with van der Waals surface area (Å²) >= 11 is 5.82. The highest BCUT2D eigenvalue weighted by molar-refractivity contribution is 6.31. The zero-order valence-corrected chi connectivity index (χ0v) is 11.0. The van der Waals surface area contributed by atoms with Crippen LogP contribution < -0.4 is 0 Å². The minimum Gasteiger partial charge on any atom is -0.299 e. The van der Waals surface area contributed by atoms with E-state index in [1.807, 2.05) is 0 Å². The van der Waals surface area contributed by atoms with E-state index in [9.17, 15) is 18.0 Å². The van der Waals surface area contributed by atoms with Crippen LogP contribution in [0.3, 0.4) is 0 Å². The largest absolute Gasteiger partial charge is 0.299 e. The van der Waals surface area contributed by atoms with Crippen LogP contribution in [0.15, 0.2) is 18.2 Å². The molecule has 1 unspecified atom stereocenters. The first-order chi connectivity index (χ1) is 8.85. The van der Waals surface area contributed by atoms with Gasteiger partial charge in [-0.2, -0.15) is 0 Å². The molecular weight excluding hydrogens is 277 g/mol. The van der Waals surface area contributed by atoms with Crippen LogP contribution in [0.5, 0.6) is 0 Å². The van der Waals surface area contributed by atoms with Crippen molar-refractivity contribution >= 4 is 17.4 Å². The molecule has 1 aliphatic rings. The average molecular weight is 291 g/mol. The van der Waals surface area contributed by atoms with Crippen LogP contribution in [0.4, 0.5) is 13.2 Å². The number of ketones is 1. The second-order valence-electron chi connectivity index (χ2n) is 5.12. The summed E-state index contributed by atoms with van der Waals surface area (Å²) in [6.07, 6.45) is 0.249. The van der Waals surface area contributed by atoms with Gasteiger partial charge >= 0.3 is 0 Å². The minimum atomic E-state index is -2.63. The highest BCUT2D eigenvalue weighted by Crippen LogP contribution is 2.40. The summed E-state index contributed by atoms with van der Waals surface area (Å²) < 4.78 is 38.9. The standard InChI is InChI=1S/C14H14ClF3O/c15-13-7-11(16)2-1-10(13)6-12(19)5-9-3-4-14(17,18)8-9/h1-2,7,9H,3-6,8H2. The molecule has 0 aliphatic heterocycles. The first-order valence-electron chi connectivity index (χ1n) is 6.19. The molecule has 1 aromatic carbocycles. The molecule has 0 saturated heterocycles. The van der Waals surface area contributed by atoms with E-state index in [-0.39, 0.29) is 42.4 Å². The third-order valence-corrected chi connectivity index (χ3v) is 3.78. The Balaban J connectivity index is 1.91. The van der Waals surface area contributed by atoms with Gasteiger partial charge in [0.2, 0.25) is 5.92 Å². The molecule has 5 heteroatoms. The van der Waals surface area contributed by atoms with Gasteiger partial charge in [0.05, 0.1) is 0 Å². The fraction of sp³-hybridized carbons (Fsp3) is 0.500. The van der Waals surface area contributed by atoms with Crippen molar-refractivity contribution in [2.45, 2.75) is 38.0 Å². The Labute approximate surface area is 114 Å². The summed E-state index contributed by atoms with van der Waals surface area (Å²) in [4.78, 5) is 11.8. The third kappa shape index (κ3) is 3.96. The fourth-order valence-corrected chi connectivity index (χ4v) is 2.72. The number of hydrogen-bond acceptors (Lipinski definition) is 1. The Hall–Kier alpha value is -1.03. The van der Waals surface area contributed by atoms with E-state index in [4.69, 9.17) is 11.6 Å². The summed E-state index contributed by atoms with van der Waals surface area (Å²) in [5, 5.41) is 0.199. The highest BCUT2D eigenvalue weighted by Gasteiger charge is 2.39. The highest BCUT2D eigenvalue weighted by atomic mass is 35.5. The maximum absolute atomic E-state index is 13.0. The summed E-state index contributed by atoms with van der Waals surface area (Å²) in [7, 11) is 0. The average Bonchev–Trinajstić information content (AvgIpc) is 2.62. The number of Topliss-reactive ketones (excluding diaryl/α,β-unsaturated/α-hetero) is 1. The van der Waals surface area contributed by atoms with E-state index in [1.54, 1.807) is 0 Å². The molecule has 0 heterocycles. The molecule has 0 bridgehead atoms. The Kier molecular flexibility index (Phi) is 4.19. The van der Waals surface area contributed by atoms with E-state index < -0.39 is 11.7 Å². The van der Waals surface area contributed by atoms with Crippen molar-refractivity contribution in [2.24, 2.45) is 5.92 Å². The van der Waals surface area contributed by atoms with Crippen molar-refractivity contribution in [3.63, 3.8) is 0 Å². The molecule has 19 heavy (non-hydrogen) atoms. The van der Waals surface area contributed by atoms with Gasteiger partial charge < -0.3 is 0 Å². The second kappa shape index (κ2) is 5.53. The maximum atomic E-state index is 13.0. The van der Waals surface area contributed by atoms with Crippen LogP contribution >= 0.6 is 11.6 Å². The lowest BCUT2D eigenvalue weighted by atomic mass is 9.97. The molecule has 2 rings (SSSR count). The van der Waals surface area contributed by atoms with Gasteiger partial charge in [0.15, 0.2) is 0 Å². The second-order valence-corrected chi connectivity index (χ2v) is 5.53. The van der Waals surface area contributed by atoms with Crippen molar-refractivity contribution < 1.29 is 18.0 Å². The van der Waals surface area contributed by atoms with Gasteiger partial charge in [-0.05, 0) is 30.0 Å². The molecule has 0 N–H and O–H groups in total. The number of carbonyl (C=O) groups excluding carboxylic acids is 1. The van der Waals surface area contributed by atoms with Crippen LogP contribution in [0.25, 0.3) is 0 Å². The predicted molar refractivity (Wildman–Crippen MR) is 67.0 cm³/mol. The number of hydrogen-bond donors (Lipinski definition) is 0. The summed E-state index contributed by atoms with van der Waals surface area (Å²) in [6.45, 7) is 0. The van der Waals surface area contributed by atoms with Gasteiger partial charge in [0, 0.05) is 30.7 Å². The molecule has 1 nitrogen and oxygen atoms in total. The quantitative estimate of drug-likeness (QED) is 0.802. The number of benzene rings is 1. The molecule has 104 valence electrons. The first-order valence-corrected chi connectivity index (χ1v) is 6.57. The van der Waals surface area contributed by atoms with Gasteiger partial charge in [-0.15, -0.1) is 0 Å². The molecule has 0 aromatic heterocycles. The molecular formula is C14H14ClF3O. The van der Waals surface area contributed by atoms with Gasteiger partial charge in [-0.3, -0.25) is 4.79 Å². The Morgan fingerprint density at radius 1 is 1.42 bits per heavy atom. The monoisotopic (exact) mass is 290 g/mol. The Morgan fingerprint density at radius 3 is 2.74 bits per heavy atom. The number of alkyl halides is 2. The SMILES string of the molecule is O=C(Cc1ccc(F)cc1Cl)CC1CCC(F)(F)C1. The van der Waals surface area contributed by atoms with Crippen molar-refractivity contribution in [3.05, 3.63) is 34.6 Å². The molecule has 1 atom stereocenters. The van der Waals surface area contributed by atoms with Crippen LogP contribution in [-0.2, 0) is 11.2 Å². The number of halogens is 4. The van der Waals surface area contributed by atoms with Crippen LogP contribution in [0.2, 0.25) is 5.02 Å². The Bertz CT molecular complexity index is 488. The molecule has 1 aliphatic carbocycles. The maximum Gasteiger partial charge on any atom is 0.248 e. The third-order valence-electron chi connectivity index (χ3n) is 3.42. The number of carbonyl (C=O) groups is 1. The molecule has 0 spiro atoms. The van der Waals surface area contributed by atoms with Crippen LogP contribution in [0, 0.1) is 11.7 Å². The molecule has 1 fully saturated rings. The lowest BCUT2D eigenvalue weighted by molar-refractivity contribution is -0.119. The Morgan fingerprint density at radius 2 is 2.16 bits per heavy atom. The summed E-state index contributed by atoms with van der Waals surface area (Å²) in [6, 6.07) is 3.84. The van der Waals surface area contributed by atoms with E-state index in [1.165, 1.54) is 12.1 Å². The predicted octanol–water partition coefficient (Wildman–Crippen LogP) is 4.42. The normalized spacial score (nSPS) is 21.6. The van der Waals surface area contributed by atoms with E-state index in [0.717, 1.165) is 6.07 Å². The lowest BCUT2D eigenvalue weighted by Gasteiger charge is -2.10. The van der Waals surface area contributed by atoms with Crippen LogP contribution in [-0.4, -0.2) is 11.7 Å². The first kappa shape index (κ1) is 14.4. The van der Waals surface area contributed by atoms with E-state index in [0.29, 0.717) is 12.0 Å². The van der Waals surface area contributed by atoms with Crippen LogP contribution in [0.1, 0.15) is 31.2 Å². The zero-order valence-electron chi connectivity index (χ0n) is 10.3. The summed E-state index contributed by atoms with van der Waals surface area (Å²) in [5.74, 6) is -3.46. The van der Waals surface area contributed by atoms with Crippen molar-refractivity contribution in [3.8, 4) is 0 Å². The number of rotatable bonds is 4. The smallest absolute Gasteiger partial charge is 0.248 e. The lowest BCUT2D eigenvalue weighted by Crippen LogP contribution is -2.13. The van der Waals surface area contributed by atoms with Gasteiger partial charge in [0.1, 0.15) is 11.6 Å². The van der Waals surface area contributed by atoms with Crippen molar-refractivity contribution in [2.75, 3.05) is 0 Å². The van der Waals surface area contributed by atoms with E-state index >= 15 is 0 Å². The molecule has 1 aromatic rings. The molecule has 0 amide bonds. The van der Waals surface area contributed by atoms with Gasteiger partial charge in [-0.25, -0.2) is 13.2 Å². The van der Waals surface area contributed by atoms with Gasteiger partial charge in [-0.1, -0.05) is 17.7 Å². The van der Waals surface area contributed by atoms with Gasteiger partial charge in [0.25, 0.3) is 0 Å². The molecule has 1 saturated carbocycles. The topological polar surface area (TPSA) is 17.1 Å². The van der Waals surface area contributed by atoms with E-state index in [2.05, 4.69) is 0 Å².